The maximum atomic E-state index is 5.79. The molecular formula is C14H17N3OS2. The van der Waals surface area contributed by atoms with Crippen LogP contribution in [-0.2, 0) is 4.74 Å². The van der Waals surface area contributed by atoms with Crippen molar-refractivity contribution >= 4 is 27.8 Å². The molecule has 2 aromatic heterocycles. The summed E-state index contributed by atoms with van der Waals surface area (Å²) >= 11 is 3.43. The van der Waals surface area contributed by atoms with E-state index in [-0.39, 0.29) is 6.10 Å². The summed E-state index contributed by atoms with van der Waals surface area (Å²) in [5.41, 5.74) is 2.33. The Morgan fingerprint density at radius 2 is 2.20 bits per heavy atom. The largest absolute Gasteiger partial charge is 0.371 e. The molecule has 1 saturated carbocycles. The molecule has 3 heterocycles. The van der Waals surface area contributed by atoms with Crippen LogP contribution in [0.4, 0.5) is 5.13 Å². The van der Waals surface area contributed by atoms with Gasteiger partial charge in [0, 0.05) is 25.0 Å². The Morgan fingerprint density at radius 3 is 2.85 bits per heavy atom. The lowest BCUT2D eigenvalue weighted by atomic mass is 10.2. The van der Waals surface area contributed by atoms with E-state index in [4.69, 9.17) is 9.72 Å². The van der Waals surface area contributed by atoms with Crippen molar-refractivity contribution in [3.8, 4) is 10.6 Å². The lowest BCUT2D eigenvalue weighted by Crippen LogP contribution is -1.95. The van der Waals surface area contributed by atoms with E-state index in [0.717, 1.165) is 35.3 Å². The fourth-order valence-corrected chi connectivity index (χ4v) is 4.50. The summed E-state index contributed by atoms with van der Waals surface area (Å²) in [5.74, 6) is 0.649. The average molecular weight is 307 g/mol. The Bertz CT molecular complexity index is 612. The SMILES string of the molecule is CNc1nc(-c2sc(C3CCCO3)nc2C2CC2)cs1. The molecule has 0 radical (unpaired) electrons. The molecule has 0 spiro atoms. The van der Waals surface area contributed by atoms with E-state index in [9.17, 15) is 0 Å². The zero-order valence-electron chi connectivity index (χ0n) is 11.4. The Balaban J connectivity index is 1.72. The third kappa shape index (κ3) is 2.25. The average Bonchev–Trinajstić information content (AvgIpc) is 2.92. The summed E-state index contributed by atoms with van der Waals surface area (Å²) in [6.45, 7) is 0.874. The van der Waals surface area contributed by atoms with E-state index < -0.39 is 0 Å². The maximum Gasteiger partial charge on any atom is 0.182 e. The first-order chi connectivity index (χ1) is 9.85. The van der Waals surface area contributed by atoms with Crippen molar-refractivity contribution in [2.24, 2.45) is 0 Å². The van der Waals surface area contributed by atoms with Gasteiger partial charge < -0.3 is 10.1 Å². The first kappa shape index (κ1) is 12.7. The van der Waals surface area contributed by atoms with Crippen molar-refractivity contribution in [2.45, 2.75) is 37.7 Å². The quantitative estimate of drug-likeness (QED) is 0.926. The minimum Gasteiger partial charge on any atom is -0.371 e. The van der Waals surface area contributed by atoms with Gasteiger partial charge in [-0.25, -0.2) is 9.97 Å². The summed E-state index contributed by atoms with van der Waals surface area (Å²) in [6, 6.07) is 0. The number of hydrogen-bond donors (Lipinski definition) is 1. The van der Waals surface area contributed by atoms with Gasteiger partial charge in [-0.1, -0.05) is 0 Å². The molecule has 106 valence electrons. The molecule has 1 unspecified atom stereocenters. The predicted octanol–water partition coefficient (Wildman–Crippen LogP) is 4.04. The fraction of sp³-hybridized carbons (Fsp3) is 0.571. The molecule has 4 nitrogen and oxygen atoms in total. The van der Waals surface area contributed by atoms with Gasteiger partial charge in [0.1, 0.15) is 11.1 Å². The molecule has 1 saturated heterocycles. The fourth-order valence-electron chi connectivity index (χ4n) is 2.57. The van der Waals surface area contributed by atoms with E-state index >= 15 is 0 Å². The Kier molecular flexibility index (Phi) is 3.24. The lowest BCUT2D eigenvalue weighted by Gasteiger charge is -2.03. The van der Waals surface area contributed by atoms with Crippen LogP contribution in [0.2, 0.25) is 0 Å². The van der Waals surface area contributed by atoms with Crippen molar-refractivity contribution in [3.63, 3.8) is 0 Å². The van der Waals surface area contributed by atoms with Gasteiger partial charge in [-0.05, 0) is 25.7 Å². The number of nitrogens with one attached hydrogen (secondary N) is 1. The molecule has 1 atom stereocenters. The van der Waals surface area contributed by atoms with Gasteiger partial charge in [-0.15, -0.1) is 22.7 Å². The third-order valence-corrected chi connectivity index (χ3v) is 5.84. The normalized spacial score (nSPS) is 22.4. The highest BCUT2D eigenvalue weighted by Crippen LogP contribution is 2.48. The van der Waals surface area contributed by atoms with E-state index in [0.29, 0.717) is 5.92 Å². The number of anilines is 1. The van der Waals surface area contributed by atoms with Gasteiger partial charge in [0.2, 0.25) is 0 Å². The van der Waals surface area contributed by atoms with Crippen molar-refractivity contribution in [1.29, 1.82) is 0 Å². The first-order valence-corrected chi connectivity index (χ1v) is 8.80. The molecule has 1 aliphatic carbocycles. The number of hydrogen-bond acceptors (Lipinski definition) is 6. The molecule has 2 aliphatic rings. The molecule has 6 heteroatoms. The van der Waals surface area contributed by atoms with E-state index in [1.807, 2.05) is 7.05 Å². The second-order valence-corrected chi connectivity index (χ2v) is 7.22. The zero-order chi connectivity index (χ0) is 13.5. The number of ether oxygens (including phenoxy) is 1. The Morgan fingerprint density at radius 1 is 1.30 bits per heavy atom. The van der Waals surface area contributed by atoms with E-state index in [1.165, 1.54) is 23.4 Å². The summed E-state index contributed by atoms with van der Waals surface area (Å²) in [7, 11) is 1.91. The van der Waals surface area contributed by atoms with Gasteiger partial charge in [-0.2, -0.15) is 0 Å². The van der Waals surface area contributed by atoms with Crippen LogP contribution in [0.15, 0.2) is 5.38 Å². The molecule has 0 amide bonds. The number of aromatic nitrogens is 2. The van der Waals surface area contributed by atoms with Crippen molar-refractivity contribution in [1.82, 2.24) is 9.97 Å². The standard InChI is InChI=1S/C14H17N3OS2/c1-15-14-16-9(7-19-14)12-11(8-4-5-8)17-13(20-12)10-3-2-6-18-10/h7-8,10H,2-6H2,1H3,(H,15,16). The van der Waals surface area contributed by atoms with E-state index in [1.54, 1.807) is 22.7 Å². The molecule has 1 aliphatic heterocycles. The molecule has 0 bridgehead atoms. The van der Waals surface area contributed by atoms with Gasteiger partial charge in [-0.3, -0.25) is 0 Å². The number of rotatable bonds is 4. The van der Waals surface area contributed by atoms with Crippen LogP contribution in [0.1, 0.15) is 48.4 Å². The highest BCUT2D eigenvalue weighted by Gasteiger charge is 2.33. The smallest absolute Gasteiger partial charge is 0.182 e. The topological polar surface area (TPSA) is 47.0 Å². The molecule has 2 aromatic rings. The van der Waals surface area contributed by atoms with E-state index in [2.05, 4.69) is 15.7 Å². The second-order valence-electron chi connectivity index (χ2n) is 5.33. The number of thiazole rings is 2. The van der Waals surface area contributed by atoms with Gasteiger partial charge in [0.05, 0.1) is 16.3 Å². The third-order valence-electron chi connectivity index (χ3n) is 3.79. The molecule has 1 N–H and O–H groups in total. The summed E-state index contributed by atoms with van der Waals surface area (Å²) in [4.78, 5) is 10.8. The van der Waals surface area contributed by atoms with Crippen LogP contribution in [0.5, 0.6) is 0 Å². The predicted molar refractivity (Wildman–Crippen MR) is 82.7 cm³/mol. The zero-order valence-corrected chi connectivity index (χ0v) is 13.0. The van der Waals surface area contributed by atoms with Crippen molar-refractivity contribution < 1.29 is 4.74 Å². The molecule has 2 fully saturated rings. The second kappa shape index (κ2) is 5.09. The van der Waals surface area contributed by atoms with Crippen LogP contribution in [0.3, 0.4) is 0 Å². The molecule has 20 heavy (non-hydrogen) atoms. The van der Waals surface area contributed by atoms with Crippen molar-refractivity contribution in [2.75, 3.05) is 19.0 Å². The highest BCUT2D eigenvalue weighted by atomic mass is 32.1. The van der Waals surface area contributed by atoms with Gasteiger partial charge in [0.15, 0.2) is 5.13 Å². The first-order valence-electron chi connectivity index (χ1n) is 7.11. The molecule has 4 rings (SSSR count). The van der Waals surface area contributed by atoms with Gasteiger partial charge >= 0.3 is 0 Å². The number of nitrogens with zero attached hydrogens (tertiary/aromatic N) is 2. The monoisotopic (exact) mass is 307 g/mol. The molecule has 0 aromatic carbocycles. The van der Waals surface area contributed by atoms with Crippen LogP contribution in [0, 0.1) is 0 Å². The lowest BCUT2D eigenvalue weighted by molar-refractivity contribution is 0.111. The Labute approximate surface area is 126 Å². The van der Waals surface area contributed by atoms with Crippen molar-refractivity contribution in [3.05, 3.63) is 16.1 Å². The van der Waals surface area contributed by atoms with Crippen LogP contribution < -0.4 is 5.32 Å². The molecular weight excluding hydrogens is 290 g/mol. The minimum atomic E-state index is 0.216. The van der Waals surface area contributed by atoms with Crippen LogP contribution in [0.25, 0.3) is 10.6 Å². The van der Waals surface area contributed by atoms with Gasteiger partial charge in [0.25, 0.3) is 0 Å². The van der Waals surface area contributed by atoms with Crippen LogP contribution in [-0.4, -0.2) is 23.6 Å². The summed E-state index contributed by atoms with van der Waals surface area (Å²) in [6.07, 6.45) is 5.01. The van der Waals surface area contributed by atoms with Crippen LogP contribution >= 0.6 is 22.7 Å². The summed E-state index contributed by atoms with van der Waals surface area (Å²) in [5, 5.41) is 7.36. The Hall–Kier alpha value is -0.980. The summed E-state index contributed by atoms with van der Waals surface area (Å²) < 4.78 is 5.79. The highest BCUT2D eigenvalue weighted by molar-refractivity contribution is 7.17. The minimum absolute atomic E-state index is 0.216. The maximum absolute atomic E-state index is 5.79.